The van der Waals surface area contributed by atoms with Gasteiger partial charge in [0.1, 0.15) is 29.0 Å². The van der Waals surface area contributed by atoms with Crippen LogP contribution in [0.3, 0.4) is 0 Å². The molecule has 0 saturated carbocycles. The smallest absolute Gasteiger partial charge is 0.356 e. The normalized spacial score (nSPS) is 16.6. The van der Waals surface area contributed by atoms with Gasteiger partial charge in [0.05, 0.1) is 4.90 Å². The Hall–Kier alpha value is -5.07. The number of carboxylic acids is 1. The van der Waals surface area contributed by atoms with Crippen molar-refractivity contribution >= 4 is 37.4 Å². The van der Waals surface area contributed by atoms with E-state index < -0.39 is 56.5 Å². The van der Waals surface area contributed by atoms with E-state index in [-0.39, 0.29) is 10.7 Å². The summed E-state index contributed by atoms with van der Waals surface area (Å²) < 4.78 is 38.8. The molecule has 2 unspecified atom stereocenters. The van der Waals surface area contributed by atoms with Crippen LogP contribution in [0.4, 0.5) is 0 Å². The van der Waals surface area contributed by atoms with Crippen LogP contribution < -0.4 is 10.1 Å². The van der Waals surface area contributed by atoms with E-state index in [9.17, 15) is 27.9 Å². The Morgan fingerprint density at radius 1 is 0.872 bits per heavy atom. The fourth-order valence-corrected chi connectivity index (χ4v) is 8.41. The molecule has 242 valence electrons. The highest BCUT2D eigenvalue weighted by Crippen LogP contribution is 2.41. The number of nitrogens with one attached hydrogen (secondary N) is 1. The second-order valence-corrected chi connectivity index (χ2v) is 14.6. The van der Waals surface area contributed by atoms with Crippen molar-refractivity contribution in [2.24, 2.45) is 0 Å². The van der Waals surface area contributed by atoms with Gasteiger partial charge in [-0.05, 0) is 49.2 Å². The zero-order valence-electron chi connectivity index (χ0n) is 25.5. The lowest BCUT2D eigenvalue weighted by Crippen LogP contribution is -2.70. The van der Waals surface area contributed by atoms with E-state index in [1.807, 2.05) is 67.6 Å². The Morgan fingerprint density at radius 2 is 1.40 bits per heavy atom. The van der Waals surface area contributed by atoms with Gasteiger partial charge in [0.25, 0.3) is 11.8 Å². The average molecular weight is 673 g/mol. The van der Waals surface area contributed by atoms with Gasteiger partial charge in [-0.1, -0.05) is 96.6 Å². The Bertz CT molecular complexity index is 1830. The molecule has 4 aromatic rings. The largest absolute Gasteiger partial charge is 0.484 e. The summed E-state index contributed by atoms with van der Waals surface area (Å²) in [6, 6.07) is 31.6. The minimum atomic E-state index is -4.13. The van der Waals surface area contributed by atoms with Gasteiger partial charge >= 0.3 is 5.97 Å². The summed E-state index contributed by atoms with van der Waals surface area (Å²) in [5.74, 6) is -2.71. The summed E-state index contributed by atoms with van der Waals surface area (Å²) >= 11 is 0. The minimum absolute atomic E-state index is 0.0352. The first kappa shape index (κ1) is 33.3. The van der Waals surface area contributed by atoms with Gasteiger partial charge in [-0.15, -0.1) is 0 Å². The van der Waals surface area contributed by atoms with E-state index in [0.29, 0.717) is 16.5 Å². The third-order valence-electron chi connectivity index (χ3n) is 7.28. The number of ether oxygens (including phenoxy) is 2. The molecule has 47 heavy (non-hydrogen) atoms. The van der Waals surface area contributed by atoms with E-state index in [4.69, 9.17) is 9.47 Å². The molecular weight excluding hydrogens is 641 g/mol. The van der Waals surface area contributed by atoms with Crippen LogP contribution in [0, 0.1) is 6.92 Å². The quantitative estimate of drug-likeness (QED) is 0.0842. The third-order valence-corrected chi connectivity index (χ3v) is 11.0. The molecule has 5 rings (SSSR count). The molecule has 12 heteroatoms. The average Bonchev–Trinajstić information content (AvgIpc) is 3.08. The van der Waals surface area contributed by atoms with Gasteiger partial charge in [0, 0.05) is 10.8 Å². The first-order chi connectivity index (χ1) is 22.5. The number of nitrogens with zero attached hydrogens (tertiary/aromatic N) is 1. The van der Waals surface area contributed by atoms with Crippen molar-refractivity contribution < 1.29 is 37.4 Å². The summed E-state index contributed by atoms with van der Waals surface area (Å²) in [7, 11) is -3.76. The molecule has 2 amide bonds. The van der Waals surface area contributed by atoms with Gasteiger partial charge in [-0.3, -0.25) is 14.5 Å². The van der Waals surface area contributed by atoms with Crippen LogP contribution in [0.5, 0.6) is 5.75 Å². The summed E-state index contributed by atoms with van der Waals surface area (Å²) in [4.78, 5) is 40.1. The van der Waals surface area contributed by atoms with Crippen LogP contribution in [-0.2, 0) is 28.0 Å². The standard InChI is InChI=1S/C35H32N2O8S2/c1-23-18-20-28(21-19-23)47(42,43)46-34-30(36-29(38)22-44-27-16-10-5-11-17-27)33(39)37(34)31(35(40)41)24(2)45-32(25-12-6-3-7-13-25)26-14-8-4-9-15-26/h3-21,30,32,34H,22H2,1-2H3,(H,36,38)(H,40,41)/b31-24+. The summed E-state index contributed by atoms with van der Waals surface area (Å²) in [5, 5.41) is 11.6. The molecule has 1 fully saturated rings. The zero-order valence-corrected chi connectivity index (χ0v) is 27.1. The molecule has 0 radical (unpaired) electrons. The number of para-hydroxylation sites is 1. The summed E-state index contributed by atoms with van der Waals surface area (Å²) in [6.07, 6.45) is -0.740. The molecule has 0 spiro atoms. The molecule has 4 aromatic carbocycles. The van der Waals surface area contributed by atoms with Crippen molar-refractivity contribution in [2.75, 3.05) is 6.61 Å². The van der Waals surface area contributed by atoms with Crippen LogP contribution in [0.2, 0.25) is 0 Å². The van der Waals surface area contributed by atoms with Gasteiger partial charge < -0.3 is 19.9 Å². The summed E-state index contributed by atoms with van der Waals surface area (Å²) in [6.45, 7) is 2.77. The monoisotopic (exact) mass is 672 g/mol. The maximum Gasteiger partial charge on any atom is 0.356 e. The minimum Gasteiger partial charge on any atom is -0.484 e. The molecule has 1 heterocycles. The van der Waals surface area contributed by atoms with Gasteiger partial charge in [-0.2, -0.15) is 0 Å². The predicted molar refractivity (Wildman–Crippen MR) is 177 cm³/mol. The van der Waals surface area contributed by atoms with E-state index in [0.717, 1.165) is 21.6 Å². The number of aryl methyl sites for hydroxylation is 1. The van der Waals surface area contributed by atoms with E-state index in [2.05, 4.69) is 5.32 Å². The highest BCUT2D eigenvalue weighted by Gasteiger charge is 2.54. The maximum atomic E-state index is 13.6. The number of aliphatic carboxylic acids is 1. The number of carboxylic acid groups (broad SMARTS) is 1. The van der Waals surface area contributed by atoms with E-state index in [1.54, 1.807) is 42.5 Å². The Kier molecular flexibility index (Phi) is 10.3. The second kappa shape index (κ2) is 14.6. The fraction of sp³-hybridized carbons (Fsp3) is 0.171. The third kappa shape index (κ3) is 7.84. The van der Waals surface area contributed by atoms with Gasteiger partial charge in [-0.25, -0.2) is 13.2 Å². The van der Waals surface area contributed by atoms with E-state index >= 15 is 0 Å². The first-order valence-corrected chi connectivity index (χ1v) is 17.4. The number of β-lactam (4-membered cyclic amide) rings is 1. The topological polar surface area (TPSA) is 139 Å². The first-order valence-electron chi connectivity index (χ1n) is 14.6. The van der Waals surface area contributed by atoms with Crippen LogP contribution >= 0.6 is 10.8 Å². The lowest BCUT2D eigenvalue weighted by molar-refractivity contribution is -0.151. The van der Waals surface area contributed by atoms with Crippen LogP contribution in [0.15, 0.2) is 132 Å². The Morgan fingerprint density at radius 3 is 1.94 bits per heavy atom. The lowest BCUT2D eigenvalue weighted by atomic mass is 10.0. The van der Waals surface area contributed by atoms with Crippen molar-refractivity contribution in [3.63, 3.8) is 0 Å². The molecule has 1 saturated heterocycles. The number of likely N-dealkylation sites (tertiary alicyclic amines) is 1. The van der Waals surface area contributed by atoms with Crippen molar-refractivity contribution in [2.45, 2.75) is 36.3 Å². The predicted octanol–water partition coefficient (Wildman–Crippen LogP) is 5.27. The number of allylic oxidation sites excluding steroid dienone is 1. The molecule has 1 aliphatic heterocycles. The molecule has 2 N–H and O–H groups in total. The van der Waals surface area contributed by atoms with Crippen molar-refractivity contribution in [3.05, 3.63) is 143 Å². The van der Waals surface area contributed by atoms with Crippen molar-refractivity contribution in [1.82, 2.24) is 10.2 Å². The zero-order chi connectivity index (χ0) is 33.6. The SMILES string of the molecule is C/C(OC(c1ccccc1)c1ccccc1)=C(/C(=O)O)N1C(=O)C(NC(=O)COc2ccccc2)C1SS(=O)(=O)c1ccc(C)cc1. The number of hydrogen-bond acceptors (Lipinski definition) is 8. The van der Waals surface area contributed by atoms with Gasteiger partial charge in [0.2, 0.25) is 8.87 Å². The van der Waals surface area contributed by atoms with Gasteiger partial charge in [0.15, 0.2) is 12.3 Å². The number of amides is 2. The Labute approximate surface area is 276 Å². The van der Waals surface area contributed by atoms with Crippen LogP contribution in [0.25, 0.3) is 0 Å². The molecule has 2 atom stereocenters. The van der Waals surface area contributed by atoms with Crippen molar-refractivity contribution in [1.29, 1.82) is 0 Å². The maximum absolute atomic E-state index is 13.6. The van der Waals surface area contributed by atoms with Crippen LogP contribution in [0.1, 0.15) is 29.7 Å². The number of benzene rings is 4. The molecule has 0 aliphatic carbocycles. The van der Waals surface area contributed by atoms with E-state index in [1.165, 1.54) is 19.1 Å². The number of hydrogen-bond donors (Lipinski definition) is 2. The highest BCUT2D eigenvalue weighted by atomic mass is 33.1. The van der Waals surface area contributed by atoms with Crippen molar-refractivity contribution in [3.8, 4) is 5.75 Å². The molecular formula is C35H32N2O8S2. The highest BCUT2D eigenvalue weighted by molar-refractivity contribution is 8.72. The number of carbonyl (C=O) groups excluding carboxylic acids is 2. The number of rotatable bonds is 13. The second-order valence-electron chi connectivity index (χ2n) is 10.6. The molecule has 0 bridgehead atoms. The Balaban J connectivity index is 1.47. The molecule has 10 nitrogen and oxygen atoms in total. The lowest BCUT2D eigenvalue weighted by Gasteiger charge is -2.46. The summed E-state index contributed by atoms with van der Waals surface area (Å²) in [5.41, 5.74) is 1.76. The fourth-order valence-electron chi connectivity index (χ4n) is 4.94. The number of carbonyl (C=O) groups is 3. The van der Waals surface area contributed by atoms with Crippen LogP contribution in [-0.4, -0.2) is 54.2 Å². The molecule has 1 aliphatic rings. The molecule has 0 aromatic heterocycles.